The van der Waals surface area contributed by atoms with Gasteiger partial charge in [0, 0.05) is 44.0 Å². The van der Waals surface area contributed by atoms with E-state index in [1.54, 1.807) is 0 Å². The summed E-state index contributed by atoms with van der Waals surface area (Å²) in [6, 6.07) is 21.9. The molecule has 5 rings (SSSR count). The number of aromatic nitrogens is 1. The molecule has 2 aliphatic heterocycles. The van der Waals surface area contributed by atoms with Crippen LogP contribution < -0.4 is 9.64 Å². The maximum Gasteiger partial charge on any atom is 0.141 e. The van der Waals surface area contributed by atoms with Gasteiger partial charge in [-0.05, 0) is 68.2 Å². The lowest BCUT2D eigenvalue weighted by atomic mass is 9.89. The molecule has 0 bridgehead atoms. The lowest BCUT2D eigenvalue weighted by molar-refractivity contribution is 0.0745. The highest BCUT2D eigenvalue weighted by atomic mass is 16.5. The van der Waals surface area contributed by atoms with Crippen molar-refractivity contribution >= 4 is 5.69 Å². The van der Waals surface area contributed by atoms with Gasteiger partial charge in [0.25, 0.3) is 0 Å². The normalized spacial score (nSPS) is 19.2. The summed E-state index contributed by atoms with van der Waals surface area (Å²) in [6.07, 6.45) is 5.85. The highest BCUT2D eigenvalue weighted by molar-refractivity contribution is 5.46. The molecule has 0 saturated carbocycles. The van der Waals surface area contributed by atoms with E-state index >= 15 is 0 Å². The smallest absolute Gasteiger partial charge is 0.141 e. The van der Waals surface area contributed by atoms with Gasteiger partial charge in [0.05, 0.1) is 12.2 Å². The molecule has 1 fully saturated rings. The molecule has 4 heteroatoms. The first-order chi connectivity index (χ1) is 15.2. The number of hydrogen-bond acceptors (Lipinski definition) is 3. The van der Waals surface area contributed by atoms with Gasteiger partial charge in [0.2, 0.25) is 0 Å². The zero-order chi connectivity index (χ0) is 21.2. The number of nitrogens with zero attached hydrogens (tertiary/aromatic N) is 3. The number of para-hydroxylation sites is 1. The Bertz CT molecular complexity index is 999. The molecule has 1 unspecified atom stereocenters. The zero-order valence-corrected chi connectivity index (χ0v) is 18.7. The summed E-state index contributed by atoms with van der Waals surface area (Å²) in [5.74, 6) is 1.62. The molecular formula is C27H33N3O. The molecule has 31 heavy (non-hydrogen) atoms. The average Bonchev–Trinajstić information content (AvgIpc) is 3.19. The number of anilines is 1. The molecule has 0 amide bonds. The number of piperidine rings is 1. The number of rotatable bonds is 5. The van der Waals surface area contributed by atoms with Crippen molar-refractivity contribution in [2.24, 2.45) is 5.92 Å². The molecule has 0 radical (unpaired) electrons. The summed E-state index contributed by atoms with van der Waals surface area (Å²) in [7, 11) is 4.18. The van der Waals surface area contributed by atoms with Crippen molar-refractivity contribution in [1.29, 1.82) is 0 Å². The quantitative estimate of drug-likeness (QED) is 0.586. The minimum absolute atomic E-state index is 0.152. The molecule has 1 saturated heterocycles. The summed E-state index contributed by atoms with van der Waals surface area (Å²) in [6.45, 7) is 4.35. The van der Waals surface area contributed by atoms with Crippen LogP contribution in [0.1, 0.15) is 35.8 Å². The van der Waals surface area contributed by atoms with Crippen molar-refractivity contribution in [2.75, 3.05) is 38.6 Å². The molecule has 3 aromatic rings. The van der Waals surface area contributed by atoms with Crippen LogP contribution in [0.15, 0.2) is 66.9 Å². The van der Waals surface area contributed by atoms with Gasteiger partial charge in [-0.2, -0.15) is 0 Å². The fourth-order valence-corrected chi connectivity index (χ4v) is 5.02. The predicted molar refractivity (Wildman–Crippen MR) is 127 cm³/mol. The fraction of sp³-hybridized carbons (Fsp3) is 0.407. The van der Waals surface area contributed by atoms with E-state index in [1.807, 2.05) is 0 Å². The standard InChI is InChI=1S/C27H33N3O/c1-28(2)24-11-9-21(10-12-24)13-17-29-18-14-22(15-19-29)27-25-7-5-16-30(25)20-23-6-3-4-8-26(23)31-27/h3-12,16,22,27H,13-15,17-20H2,1-2H3. The van der Waals surface area contributed by atoms with Gasteiger partial charge in [-0.25, -0.2) is 0 Å². The van der Waals surface area contributed by atoms with Crippen molar-refractivity contribution in [3.63, 3.8) is 0 Å². The van der Waals surface area contributed by atoms with Crippen LogP contribution in [0.4, 0.5) is 5.69 Å². The monoisotopic (exact) mass is 415 g/mol. The van der Waals surface area contributed by atoms with Gasteiger partial charge in [-0.15, -0.1) is 0 Å². The Balaban J connectivity index is 1.20. The van der Waals surface area contributed by atoms with Gasteiger partial charge in [0.1, 0.15) is 11.9 Å². The van der Waals surface area contributed by atoms with Crippen LogP contribution in [-0.4, -0.2) is 43.2 Å². The maximum absolute atomic E-state index is 6.63. The van der Waals surface area contributed by atoms with Crippen LogP contribution in [0.3, 0.4) is 0 Å². The number of fused-ring (bicyclic) bond motifs is 2. The minimum Gasteiger partial charge on any atom is -0.484 e. The fourth-order valence-electron chi connectivity index (χ4n) is 5.02. The van der Waals surface area contributed by atoms with Gasteiger partial charge in [0.15, 0.2) is 0 Å². The van der Waals surface area contributed by atoms with Crippen LogP contribution >= 0.6 is 0 Å². The number of ether oxygens (including phenoxy) is 1. The van der Waals surface area contributed by atoms with E-state index in [-0.39, 0.29) is 6.10 Å². The van der Waals surface area contributed by atoms with Crippen LogP contribution in [0, 0.1) is 5.92 Å². The number of hydrogen-bond donors (Lipinski definition) is 0. The second-order valence-corrected chi connectivity index (χ2v) is 9.20. The van der Waals surface area contributed by atoms with Crippen LogP contribution in [-0.2, 0) is 13.0 Å². The first-order valence-electron chi connectivity index (χ1n) is 11.6. The third-order valence-corrected chi connectivity index (χ3v) is 6.95. The summed E-state index contributed by atoms with van der Waals surface area (Å²) in [4.78, 5) is 4.78. The molecule has 3 heterocycles. The molecule has 1 aromatic heterocycles. The molecule has 2 aromatic carbocycles. The summed E-state index contributed by atoms with van der Waals surface area (Å²) >= 11 is 0. The third kappa shape index (κ3) is 4.35. The Morgan fingerprint density at radius 2 is 1.71 bits per heavy atom. The Kier molecular flexibility index (Phi) is 5.73. The Labute approximate surface area is 186 Å². The van der Waals surface area contributed by atoms with Crippen molar-refractivity contribution in [3.8, 4) is 5.75 Å². The van der Waals surface area contributed by atoms with Crippen LogP contribution in [0.2, 0.25) is 0 Å². The van der Waals surface area contributed by atoms with Crippen LogP contribution in [0.25, 0.3) is 0 Å². The molecule has 1 atom stereocenters. The minimum atomic E-state index is 0.152. The van der Waals surface area contributed by atoms with E-state index in [2.05, 4.69) is 95.3 Å². The van der Waals surface area contributed by atoms with Crippen molar-refractivity contribution in [2.45, 2.75) is 31.9 Å². The van der Waals surface area contributed by atoms with E-state index in [0.717, 1.165) is 38.3 Å². The molecule has 162 valence electrons. The highest BCUT2D eigenvalue weighted by Crippen LogP contribution is 2.39. The van der Waals surface area contributed by atoms with E-state index in [1.165, 1.54) is 35.3 Å². The lowest BCUT2D eigenvalue weighted by Gasteiger charge is -2.36. The zero-order valence-electron chi connectivity index (χ0n) is 18.7. The molecule has 2 aliphatic rings. The second-order valence-electron chi connectivity index (χ2n) is 9.20. The van der Waals surface area contributed by atoms with Crippen molar-refractivity contribution in [3.05, 3.63) is 83.7 Å². The summed E-state index contributed by atoms with van der Waals surface area (Å²) in [5.41, 5.74) is 5.30. The van der Waals surface area contributed by atoms with Gasteiger partial charge in [-0.3, -0.25) is 0 Å². The Morgan fingerprint density at radius 3 is 2.48 bits per heavy atom. The van der Waals surface area contributed by atoms with E-state index in [9.17, 15) is 0 Å². The highest BCUT2D eigenvalue weighted by Gasteiger charge is 2.32. The maximum atomic E-state index is 6.63. The first kappa shape index (κ1) is 20.2. The van der Waals surface area contributed by atoms with Crippen LogP contribution in [0.5, 0.6) is 5.75 Å². The van der Waals surface area contributed by atoms with Gasteiger partial charge in [-0.1, -0.05) is 30.3 Å². The Morgan fingerprint density at radius 1 is 0.935 bits per heavy atom. The molecule has 0 aliphatic carbocycles. The largest absolute Gasteiger partial charge is 0.484 e. The molecule has 4 nitrogen and oxygen atoms in total. The van der Waals surface area contributed by atoms with Crippen molar-refractivity contribution < 1.29 is 4.74 Å². The topological polar surface area (TPSA) is 20.6 Å². The molecule has 0 N–H and O–H groups in total. The van der Waals surface area contributed by atoms with E-state index < -0.39 is 0 Å². The average molecular weight is 416 g/mol. The predicted octanol–water partition coefficient (Wildman–Crippen LogP) is 4.99. The molecule has 0 spiro atoms. The summed E-state index contributed by atoms with van der Waals surface area (Å²) < 4.78 is 9.01. The van der Waals surface area contributed by atoms with E-state index in [0.29, 0.717) is 5.92 Å². The Hall–Kier alpha value is -2.72. The summed E-state index contributed by atoms with van der Waals surface area (Å²) in [5, 5.41) is 0. The molecular weight excluding hydrogens is 382 g/mol. The van der Waals surface area contributed by atoms with Gasteiger partial charge < -0.3 is 19.1 Å². The van der Waals surface area contributed by atoms with E-state index in [4.69, 9.17) is 4.74 Å². The second kappa shape index (κ2) is 8.80. The number of benzene rings is 2. The van der Waals surface area contributed by atoms with Gasteiger partial charge >= 0.3 is 0 Å². The number of likely N-dealkylation sites (tertiary alicyclic amines) is 1. The third-order valence-electron chi connectivity index (χ3n) is 6.95. The lowest BCUT2D eigenvalue weighted by Crippen LogP contribution is -2.38. The van der Waals surface area contributed by atoms with Crippen molar-refractivity contribution in [1.82, 2.24) is 9.47 Å². The SMILES string of the molecule is CN(C)c1ccc(CCN2CCC(C3Oc4ccccc4Cn4cccc43)CC2)cc1. The first-order valence-corrected chi connectivity index (χ1v) is 11.6.